The normalized spacial score (nSPS) is 19.4. The molecule has 2 aliphatic carbocycles. The lowest BCUT2D eigenvalue weighted by atomic mass is 9.86. The van der Waals surface area contributed by atoms with Gasteiger partial charge in [0.1, 0.15) is 11.5 Å². The Bertz CT molecular complexity index is 1090. The molecule has 2 aliphatic rings. The lowest BCUT2D eigenvalue weighted by molar-refractivity contribution is -0.143. The van der Waals surface area contributed by atoms with Crippen molar-refractivity contribution in [1.82, 2.24) is 10.6 Å². The number of carbonyl (C=O) groups is 3. The van der Waals surface area contributed by atoms with Gasteiger partial charge in [0.2, 0.25) is 0 Å². The molecular formula is C29H36N2O6. The van der Waals surface area contributed by atoms with E-state index in [9.17, 15) is 14.4 Å². The highest BCUT2D eigenvalue weighted by molar-refractivity contribution is 5.95. The summed E-state index contributed by atoms with van der Waals surface area (Å²) in [6.07, 6.45) is 6.41. The summed E-state index contributed by atoms with van der Waals surface area (Å²) in [6, 6.07) is 12.3. The van der Waals surface area contributed by atoms with Gasteiger partial charge in [-0.25, -0.2) is 0 Å². The average Bonchev–Trinajstić information content (AvgIpc) is 2.87. The zero-order chi connectivity index (χ0) is 26.2. The molecule has 0 bridgehead atoms. The van der Waals surface area contributed by atoms with E-state index in [-0.39, 0.29) is 23.8 Å². The second-order valence-corrected chi connectivity index (χ2v) is 10.1. The van der Waals surface area contributed by atoms with Crippen LogP contribution in [-0.2, 0) is 4.79 Å². The first-order valence-electron chi connectivity index (χ1n) is 13.2. The van der Waals surface area contributed by atoms with E-state index in [1.165, 1.54) is 19.3 Å². The molecule has 198 valence electrons. The molecule has 8 nitrogen and oxygen atoms in total. The highest BCUT2D eigenvalue weighted by atomic mass is 16.5. The maximum Gasteiger partial charge on any atom is 0.306 e. The Morgan fingerprint density at radius 1 is 0.865 bits per heavy atom. The monoisotopic (exact) mass is 508 g/mol. The second kappa shape index (κ2) is 12.6. The minimum absolute atomic E-state index is 0.00117. The van der Waals surface area contributed by atoms with Crippen molar-refractivity contribution >= 4 is 17.8 Å². The van der Waals surface area contributed by atoms with Crippen LogP contribution in [0.2, 0.25) is 0 Å². The van der Waals surface area contributed by atoms with Gasteiger partial charge in [0.25, 0.3) is 11.8 Å². The summed E-state index contributed by atoms with van der Waals surface area (Å²) in [5.41, 5.74) is 1.99. The van der Waals surface area contributed by atoms with E-state index in [1.54, 1.807) is 30.3 Å². The van der Waals surface area contributed by atoms with Crippen molar-refractivity contribution in [1.29, 1.82) is 0 Å². The summed E-state index contributed by atoms with van der Waals surface area (Å²) in [5, 5.41) is 14.8. The Balaban J connectivity index is 1.15. The first-order valence-corrected chi connectivity index (χ1v) is 13.2. The third-order valence-corrected chi connectivity index (χ3v) is 7.28. The zero-order valence-corrected chi connectivity index (χ0v) is 21.3. The number of carbonyl (C=O) groups excluding carboxylic acids is 2. The van der Waals surface area contributed by atoms with Gasteiger partial charge < -0.3 is 25.2 Å². The molecule has 0 spiro atoms. The molecule has 37 heavy (non-hydrogen) atoms. The van der Waals surface area contributed by atoms with Gasteiger partial charge >= 0.3 is 5.97 Å². The highest BCUT2D eigenvalue weighted by Crippen LogP contribution is 2.29. The summed E-state index contributed by atoms with van der Waals surface area (Å²) in [7, 11) is 0. The van der Waals surface area contributed by atoms with Gasteiger partial charge in [-0.1, -0.05) is 6.42 Å². The van der Waals surface area contributed by atoms with Gasteiger partial charge in [0, 0.05) is 24.2 Å². The van der Waals surface area contributed by atoms with Crippen molar-refractivity contribution in [3.05, 3.63) is 59.2 Å². The van der Waals surface area contributed by atoms with Crippen molar-refractivity contribution in [3.8, 4) is 11.5 Å². The first kappa shape index (κ1) is 26.5. The van der Waals surface area contributed by atoms with Crippen molar-refractivity contribution in [2.75, 3.05) is 19.7 Å². The molecule has 4 rings (SSSR count). The number of aryl methyl sites for hydroxylation is 1. The summed E-state index contributed by atoms with van der Waals surface area (Å²) < 4.78 is 11.8. The van der Waals surface area contributed by atoms with E-state index in [1.807, 2.05) is 19.1 Å². The smallest absolute Gasteiger partial charge is 0.306 e. The fourth-order valence-electron chi connectivity index (χ4n) is 4.68. The summed E-state index contributed by atoms with van der Waals surface area (Å²) in [6.45, 7) is 3.28. The number of carboxylic acids is 1. The fourth-order valence-corrected chi connectivity index (χ4v) is 4.68. The number of rotatable bonds is 11. The van der Waals surface area contributed by atoms with Crippen molar-refractivity contribution in [2.45, 2.75) is 58.0 Å². The third kappa shape index (κ3) is 7.47. The predicted octanol–water partition coefficient (Wildman–Crippen LogP) is 4.36. The summed E-state index contributed by atoms with van der Waals surface area (Å²) >= 11 is 0. The highest BCUT2D eigenvalue weighted by Gasteiger charge is 2.27. The molecule has 2 saturated carbocycles. The quantitative estimate of drug-likeness (QED) is 0.389. The average molecular weight is 509 g/mol. The number of hydrogen-bond donors (Lipinski definition) is 3. The summed E-state index contributed by atoms with van der Waals surface area (Å²) in [5.74, 6) is 0.701. The number of nitrogens with one attached hydrogen (secondary N) is 2. The molecule has 0 heterocycles. The van der Waals surface area contributed by atoms with E-state index >= 15 is 0 Å². The molecule has 0 aromatic heterocycles. The van der Waals surface area contributed by atoms with E-state index in [0.717, 1.165) is 17.9 Å². The zero-order valence-electron chi connectivity index (χ0n) is 21.3. The number of amides is 2. The van der Waals surface area contributed by atoms with Gasteiger partial charge in [0.05, 0.1) is 18.6 Å². The van der Waals surface area contributed by atoms with Crippen LogP contribution < -0.4 is 20.1 Å². The van der Waals surface area contributed by atoms with Gasteiger partial charge in [0.15, 0.2) is 0 Å². The SMILES string of the molecule is Cc1cc(C(=O)NCCNC(=O)c2ccc(O[C@H]3CC[C@@H](C(=O)O)CC3)cc2)ccc1OCC1CCC1. The van der Waals surface area contributed by atoms with Crippen LogP contribution in [0.1, 0.15) is 71.2 Å². The van der Waals surface area contributed by atoms with Crippen LogP contribution in [0, 0.1) is 18.8 Å². The van der Waals surface area contributed by atoms with Crippen LogP contribution in [0.3, 0.4) is 0 Å². The van der Waals surface area contributed by atoms with E-state index in [2.05, 4.69) is 10.6 Å². The lowest BCUT2D eigenvalue weighted by Gasteiger charge is -2.26. The minimum atomic E-state index is -0.734. The summed E-state index contributed by atoms with van der Waals surface area (Å²) in [4.78, 5) is 36.0. The number of aliphatic carboxylic acids is 1. The Morgan fingerprint density at radius 3 is 2.05 bits per heavy atom. The Kier molecular flexibility index (Phi) is 9.04. The van der Waals surface area contributed by atoms with Crippen LogP contribution in [0.15, 0.2) is 42.5 Å². The molecule has 0 radical (unpaired) electrons. The largest absolute Gasteiger partial charge is 0.493 e. The number of benzene rings is 2. The predicted molar refractivity (Wildman–Crippen MR) is 139 cm³/mol. The molecule has 8 heteroatoms. The molecule has 3 N–H and O–H groups in total. The Labute approximate surface area is 217 Å². The van der Waals surface area contributed by atoms with Crippen LogP contribution in [0.5, 0.6) is 11.5 Å². The number of carboxylic acid groups (broad SMARTS) is 1. The molecule has 2 fully saturated rings. The van der Waals surface area contributed by atoms with Crippen LogP contribution >= 0.6 is 0 Å². The molecule has 2 aromatic rings. The maximum absolute atomic E-state index is 12.5. The second-order valence-electron chi connectivity index (χ2n) is 10.1. The van der Waals surface area contributed by atoms with Crippen molar-refractivity contribution < 1.29 is 29.0 Å². The first-order chi connectivity index (χ1) is 17.9. The Morgan fingerprint density at radius 2 is 1.49 bits per heavy atom. The topological polar surface area (TPSA) is 114 Å². The fraction of sp³-hybridized carbons (Fsp3) is 0.483. The van der Waals surface area contributed by atoms with Crippen molar-refractivity contribution in [2.24, 2.45) is 11.8 Å². The minimum Gasteiger partial charge on any atom is -0.493 e. The van der Waals surface area contributed by atoms with Gasteiger partial charge in [-0.3, -0.25) is 14.4 Å². The molecule has 2 amide bonds. The van der Waals surface area contributed by atoms with Crippen LogP contribution in [0.25, 0.3) is 0 Å². The molecule has 0 aliphatic heterocycles. The van der Waals surface area contributed by atoms with Gasteiger partial charge in [-0.15, -0.1) is 0 Å². The molecule has 0 unspecified atom stereocenters. The number of ether oxygens (including phenoxy) is 2. The van der Waals surface area contributed by atoms with E-state index in [4.69, 9.17) is 14.6 Å². The lowest BCUT2D eigenvalue weighted by Crippen LogP contribution is -2.34. The van der Waals surface area contributed by atoms with Crippen LogP contribution in [-0.4, -0.2) is 48.7 Å². The molecular weight excluding hydrogens is 472 g/mol. The van der Waals surface area contributed by atoms with Gasteiger partial charge in [-0.05, 0) is 99.4 Å². The Hall–Kier alpha value is -3.55. The number of hydrogen-bond acceptors (Lipinski definition) is 5. The van der Waals surface area contributed by atoms with E-state index < -0.39 is 5.97 Å². The molecule has 2 aromatic carbocycles. The molecule has 0 saturated heterocycles. The maximum atomic E-state index is 12.5. The van der Waals surface area contributed by atoms with Crippen LogP contribution in [0.4, 0.5) is 0 Å². The standard InChI is InChI=1S/C29H36N2O6/c1-19-17-23(9-14-26(19)36-18-20-3-2-4-20)28(33)31-16-15-30-27(32)21-5-10-24(11-6-21)37-25-12-7-22(8-13-25)29(34)35/h5-6,9-11,14,17,20,22,25H,2-4,7-8,12-13,15-16,18H2,1H3,(H,30,32)(H,31,33)(H,34,35)/t22-,25+. The third-order valence-electron chi connectivity index (χ3n) is 7.28. The van der Waals surface area contributed by atoms with E-state index in [0.29, 0.717) is 61.6 Å². The van der Waals surface area contributed by atoms with Crippen molar-refractivity contribution in [3.63, 3.8) is 0 Å². The molecule has 0 atom stereocenters. The van der Waals surface area contributed by atoms with Gasteiger partial charge in [-0.2, -0.15) is 0 Å².